The number of unbranched alkanes of at least 4 members (excludes halogenated alkanes) is 4. The molecule has 0 radical (unpaired) electrons. The van der Waals surface area contributed by atoms with Gasteiger partial charge in [-0.2, -0.15) is 0 Å². The zero-order valence-electron chi connectivity index (χ0n) is 10.8. The predicted molar refractivity (Wildman–Crippen MR) is 76.7 cm³/mol. The van der Waals surface area contributed by atoms with E-state index in [-0.39, 0.29) is 12.4 Å². The monoisotopic (exact) mass is 256 g/mol. The van der Waals surface area contributed by atoms with Crippen molar-refractivity contribution in [1.29, 1.82) is 0 Å². The summed E-state index contributed by atoms with van der Waals surface area (Å²) in [7, 11) is 0. The molecule has 0 aliphatic carbocycles. The van der Waals surface area contributed by atoms with E-state index in [9.17, 15) is 0 Å². The van der Waals surface area contributed by atoms with Crippen molar-refractivity contribution in [2.24, 2.45) is 0 Å². The van der Waals surface area contributed by atoms with Crippen molar-refractivity contribution in [3.63, 3.8) is 0 Å². The van der Waals surface area contributed by atoms with Crippen LogP contribution >= 0.6 is 12.4 Å². The summed E-state index contributed by atoms with van der Waals surface area (Å²) >= 11 is 0. The van der Waals surface area contributed by atoms with Crippen LogP contribution in [-0.4, -0.2) is 9.55 Å². The summed E-state index contributed by atoms with van der Waals surface area (Å²) in [5.41, 5.74) is 0. The Labute approximate surface area is 112 Å². The van der Waals surface area contributed by atoms with Crippen molar-refractivity contribution in [3.8, 4) is 0 Å². The largest absolute Gasteiger partial charge is 0.334 e. The third-order valence-corrected chi connectivity index (χ3v) is 3.03. The van der Waals surface area contributed by atoms with Gasteiger partial charge in [0.2, 0.25) is 0 Å². The number of hydrogen-bond donors (Lipinski definition) is 0. The number of allylic oxidation sites excluding steroid dienone is 1. The molecule has 98 valence electrons. The van der Waals surface area contributed by atoms with Crippen molar-refractivity contribution >= 4 is 12.4 Å². The minimum atomic E-state index is 0. The maximum atomic E-state index is 4.11. The molecule has 0 saturated heterocycles. The van der Waals surface area contributed by atoms with Gasteiger partial charge >= 0.3 is 0 Å². The van der Waals surface area contributed by atoms with Crippen LogP contribution in [0.2, 0.25) is 0 Å². The van der Waals surface area contributed by atoms with Crippen LogP contribution in [0.25, 0.3) is 0 Å². The van der Waals surface area contributed by atoms with Gasteiger partial charge in [0.15, 0.2) is 0 Å². The fourth-order valence-electron chi connectivity index (χ4n) is 2.05. The Balaban J connectivity index is 0.00000256. The van der Waals surface area contributed by atoms with Crippen molar-refractivity contribution in [3.05, 3.63) is 31.4 Å². The highest BCUT2D eigenvalue weighted by Crippen LogP contribution is 2.20. The minimum absolute atomic E-state index is 0. The Bertz CT molecular complexity index is 270. The zero-order valence-corrected chi connectivity index (χ0v) is 11.7. The Morgan fingerprint density at radius 3 is 2.65 bits per heavy atom. The van der Waals surface area contributed by atoms with E-state index in [0.717, 1.165) is 6.42 Å². The molecule has 0 aliphatic rings. The van der Waals surface area contributed by atoms with Crippen molar-refractivity contribution < 1.29 is 0 Å². The number of nitrogens with zero attached hydrogens (tertiary/aromatic N) is 2. The first-order valence-corrected chi connectivity index (χ1v) is 6.46. The van der Waals surface area contributed by atoms with E-state index in [1.54, 1.807) is 0 Å². The Morgan fingerprint density at radius 1 is 1.29 bits per heavy atom. The van der Waals surface area contributed by atoms with E-state index < -0.39 is 0 Å². The highest BCUT2D eigenvalue weighted by Gasteiger charge is 2.07. The molecule has 3 heteroatoms. The smallest absolute Gasteiger partial charge is 0.0948 e. The first kappa shape index (κ1) is 16.2. The lowest BCUT2D eigenvalue weighted by molar-refractivity contribution is 0.441. The molecule has 0 N–H and O–H groups in total. The molecule has 1 heterocycles. The summed E-state index contributed by atoms with van der Waals surface area (Å²) in [5.74, 6) is 0. The second-order valence-corrected chi connectivity index (χ2v) is 4.39. The van der Waals surface area contributed by atoms with Gasteiger partial charge in [0.25, 0.3) is 0 Å². The summed E-state index contributed by atoms with van der Waals surface area (Å²) in [6.45, 7) is 6.09. The Morgan fingerprint density at radius 2 is 2.06 bits per heavy atom. The van der Waals surface area contributed by atoms with E-state index >= 15 is 0 Å². The van der Waals surface area contributed by atoms with Gasteiger partial charge < -0.3 is 4.57 Å². The van der Waals surface area contributed by atoms with E-state index in [4.69, 9.17) is 0 Å². The maximum Gasteiger partial charge on any atom is 0.0948 e. The SMILES string of the molecule is C=CCC(CCCCCCC)n1ccnc1.Cl. The first-order valence-electron chi connectivity index (χ1n) is 6.46. The summed E-state index contributed by atoms with van der Waals surface area (Å²) in [4.78, 5) is 4.11. The minimum Gasteiger partial charge on any atom is -0.334 e. The van der Waals surface area contributed by atoms with Crippen LogP contribution in [0, 0.1) is 0 Å². The fourth-order valence-corrected chi connectivity index (χ4v) is 2.05. The maximum absolute atomic E-state index is 4.11. The predicted octanol–water partition coefficient (Wildman–Crippen LogP) is 4.78. The number of hydrogen-bond acceptors (Lipinski definition) is 1. The highest BCUT2D eigenvalue weighted by molar-refractivity contribution is 5.85. The molecule has 0 spiro atoms. The number of halogens is 1. The van der Waals surface area contributed by atoms with E-state index in [1.807, 2.05) is 18.6 Å². The normalized spacial score (nSPS) is 11.8. The average Bonchev–Trinajstić information content (AvgIpc) is 2.81. The van der Waals surface area contributed by atoms with Gasteiger partial charge in [0.1, 0.15) is 0 Å². The molecule has 1 aromatic rings. The van der Waals surface area contributed by atoms with Gasteiger partial charge in [-0.15, -0.1) is 19.0 Å². The van der Waals surface area contributed by atoms with Gasteiger partial charge in [-0.1, -0.05) is 45.1 Å². The molecular weight excluding hydrogens is 232 g/mol. The summed E-state index contributed by atoms with van der Waals surface area (Å²) < 4.78 is 2.21. The van der Waals surface area contributed by atoms with Gasteiger partial charge in [-0.05, 0) is 12.8 Å². The molecule has 0 aromatic carbocycles. The number of rotatable bonds is 9. The van der Waals surface area contributed by atoms with Crippen LogP contribution in [0.15, 0.2) is 31.4 Å². The summed E-state index contributed by atoms with van der Waals surface area (Å²) in [6, 6.07) is 0.557. The average molecular weight is 257 g/mol. The third kappa shape index (κ3) is 6.52. The molecule has 0 aliphatic heterocycles. The third-order valence-electron chi connectivity index (χ3n) is 3.03. The second kappa shape index (κ2) is 10.4. The highest BCUT2D eigenvalue weighted by atomic mass is 35.5. The molecule has 17 heavy (non-hydrogen) atoms. The first-order chi connectivity index (χ1) is 7.88. The van der Waals surface area contributed by atoms with Gasteiger partial charge in [-0.3, -0.25) is 0 Å². The molecule has 1 rings (SSSR count). The Kier molecular flexibility index (Phi) is 9.93. The van der Waals surface area contributed by atoms with Crippen LogP contribution in [0.3, 0.4) is 0 Å². The van der Waals surface area contributed by atoms with Crippen LogP contribution in [0.1, 0.15) is 57.9 Å². The molecule has 2 nitrogen and oxygen atoms in total. The van der Waals surface area contributed by atoms with Crippen LogP contribution in [0.4, 0.5) is 0 Å². The lowest BCUT2D eigenvalue weighted by Crippen LogP contribution is -2.06. The zero-order chi connectivity index (χ0) is 11.6. The lowest BCUT2D eigenvalue weighted by atomic mass is 10.0. The quantitative estimate of drug-likeness (QED) is 0.459. The molecule has 1 unspecified atom stereocenters. The molecule has 0 fully saturated rings. The standard InChI is InChI=1S/C14H24N2.ClH/c1-3-5-6-7-8-10-14(9-4-2)16-12-11-15-13-16;/h4,11-14H,2-3,5-10H2,1H3;1H. The molecule has 1 aromatic heterocycles. The number of imidazole rings is 1. The van der Waals surface area contributed by atoms with Gasteiger partial charge in [0.05, 0.1) is 6.33 Å². The summed E-state index contributed by atoms with van der Waals surface area (Å²) in [6.07, 6.45) is 16.9. The molecule has 0 saturated carbocycles. The molecule has 1 atom stereocenters. The van der Waals surface area contributed by atoms with Gasteiger partial charge in [-0.25, -0.2) is 4.98 Å². The topological polar surface area (TPSA) is 17.8 Å². The van der Waals surface area contributed by atoms with E-state index in [0.29, 0.717) is 6.04 Å². The van der Waals surface area contributed by atoms with E-state index in [1.165, 1.54) is 38.5 Å². The van der Waals surface area contributed by atoms with Crippen molar-refractivity contribution in [2.75, 3.05) is 0 Å². The second-order valence-electron chi connectivity index (χ2n) is 4.39. The lowest BCUT2D eigenvalue weighted by Gasteiger charge is -2.16. The van der Waals surface area contributed by atoms with Crippen LogP contribution in [0.5, 0.6) is 0 Å². The van der Waals surface area contributed by atoms with Crippen molar-refractivity contribution in [1.82, 2.24) is 9.55 Å². The molecule has 0 amide bonds. The summed E-state index contributed by atoms with van der Waals surface area (Å²) in [5, 5.41) is 0. The number of aromatic nitrogens is 2. The Hall–Kier alpha value is -0.760. The van der Waals surface area contributed by atoms with Crippen LogP contribution < -0.4 is 0 Å². The molecular formula is C14H25ClN2. The molecule has 0 bridgehead atoms. The van der Waals surface area contributed by atoms with E-state index in [2.05, 4.69) is 29.3 Å². The van der Waals surface area contributed by atoms with Crippen LogP contribution in [-0.2, 0) is 0 Å². The fraction of sp³-hybridized carbons (Fsp3) is 0.643. The van der Waals surface area contributed by atoms with Crippen molar-refractivity contribution in [2.45, 2.75) is 57.9 Å². The van der Waals surface area contributed by atoms with Gasteiger partial charge in [0, 0.05) is 18.4 Å².